The Hall–Kier alpha value is -1.11. The maximum atomic E-state index is 11.2. The van der Waals surface area contributed by atoms with Crippen LogP contribution in [-0.4, -0.2) is 37.5 Å². The SMILES string of the molecule is NC1=NC(=O)C2(CCS(=O)(=O)C2)O1. The van der Waals surface area contributed by atoms with Gasteiger partial charge in [-0.1, -0.05) is 0 Å². The molecule has 2 aliphatic rings. The molecule has 1 amide bonds. The van der Waals surface area contributed by atoms with Crippen molar-refractivity contribution in [1.29, 1.82) is 0 Å². The van der Waals surface area contributed by atoms with Crippen LogP contribution in [-0.2, 0) is 19.4 Å². The molecule has 2 rings (SSSR count). The van der Waals surface area contributed by atoms with Crippen LogP contribution >= 0.6 is 0 Å². The summed E-state index contributed by atoms with van der Waals surface area (Å²) in [6.45, 7) is 0. The smallest absolute Gasteiger partial charge is 0.295 e. The zero-order valence-corrected chi connectivity index (χ0v) is 7.50. The second kappa shape index (κ2) is 2.22. The Kier molecular flexibility index (Phi) is 1.45. The zero-order chi connectivity index (χ0) is 9.69. The number of carbonyl (C=O) groups is 1. The molecular formula is C6H8N2O4S. The molecule has 1 spiro atoms. The van der Waals surface area contributed by atoms with Crippen LogP contribution in [0.2, 0.25) is 0 Å². The summed E-state index contributed by atoms with van der Waals surface area (Å²) < 4.78 is 27.2. The average Bonchev–Trinajstić information content (AvgIpc) is 2.38. The Balaban J connectivity index is 2.33. The first-order chi connectivity index (χ1) is 5.94. The standard InChI is InChI=1S/C6H8N2O4S/c7-5-8-4(9)6(12-5)1-2-13(10,11)3-6/h1-3H2,(H2,7,8,9). The van der Waals surface area contributed by atoms with Crippen molar-refractivity contribution >= 4 is 21.8 Å². The molecule has 1 unspecified atom stereocenters. The molecule has 0 aromatic rings. The van der Waals surface area contributed by atoms with E-state index in [1.807, 2.05) is 0 Å². The molecule has 0 saturated carbocycles. The maximum absolute atomic E-state index is 11.2. The molecular weight excluding hydrogens is 196 g/mol. The van der Waals surface area contributed by atoms with E-state index in [9.17, 15) is 13.2 Å². The van der Waals surface area contributed by atoms with Gasteiger partial charge in [0.1, 0.15) is 0 Å². The van der Waals surface area contributed by atoms with Crippen molar-refractivity contribution in [3.05, 3.63) is 0 Å². The lowest BCUT2D eigenvalue weighted by atomic mass is 10.0. The van der Waals surface area contributed by atoms with Gasteiger partial charge in [0.15, 0.2) is 9.84 Å². The van der Waals surface area contributed by atoms with Crippen LogP contribution in [0.4, 0.5) is 0 Å². The van der Waals surface area contributed by atoms with Crippen LogP contribution in [0.15, 0.2) is 4.99 Å². The second-order valence-corrected chi connectivity index (χ2v) is 5.38. The van der Waals surface area contributed by atoms with E-state index in [4.69, 9.17) is 10.5 Å². The number of carbonyl (C=O) groups excluding carboxylic acids is 1. The lowest BCUT2D eigenvalue weighted by molar-refractivity contribution is -0.128. The molecule has 0 bridgehead atoms. The largest absolute Gasteiger partial charge is 0.447 e. The number of amides is 1. The van der Waals surface area contributed by atoms with Gasteiger partial charge >= 0.3 is 0 Å². The van der Waals surface area contributed by atoms with Gasteiger partial charge in [0.2, 0.25) is 5.60 Å². The monoisotopic (exact) mass is 204 g/mol. The summed E-state index contributed by atoms with van der Waals surface area (Å²) in [6.07, 6.45) is 0.151. The molecule has 0 aliphatic carbocycles. The summed E-state index contributed by atoms with van der Waals surface area (Å²) in [5.41, 5.74) is 3.88. The Labute approximate surface area is 74.7 Å². The van der Waals surface area contributed by atoms with Crippen LogP contribution in [0.25, 0.3) is 0 Å². The highest BCUT2D eigenvalue weighted by atomic mass is 32.2. The van der Waals surface area contributed by atoms with Crippen LogP contribution in [0.5, 0.6) is 0 Å². The first kappa shape index (κ1) is 8.49. The van der Waals surface area contributed by atoms with E-state index >= 15 is 0 Å². The Morgan fingerprint density at radius 3 is 2.62 bits per heavy atom. The summed E-state index contributed by atoms with van der Waals surface area (Å²) in [5.74, 6) is -0.920. The van der Waals surface area contributed by atoms with Crippen molar-refractivity contribution in [3.63, 3.8) is 0 Å². The fourth-order valence-corrected chi connectivity index (χ4v) is 3.36. The highest BCUT2D eigenvalue weighted by molar-refractivity contribution is 7.91. The Morgan fingerprint density at radius 2 is 2.23 bits per heavy atom. The van der Waals surface area contributed by atoms with Crippen molar-refractivity contribution in [2.75, 3.05) is 11.5 Å². The van der Waals surface area contributed by atoms with Gasteiger partial charge in [-0.2, -0.15) is 4.99 Å². The molecule has 1 saturated heterocycles. The topological polar surface area (TPSA) is 98.8 Å². The first-order valence-corrected chi connectivity index (χ1v) is 5.54. The highest BCUT2D eigenvalue weighted by Crippen LogP contribution is 2.31. The number of amidine groups is 1. The van der Waals surface area contributed by atoms with Gasteiger partial charge in [-0.05, 0) is 0 Å². The van der Waals surface area contributed by atoms with Crippen molar-refractivity contribution < 1.29 is 17.9 Å². The van der Waals surface area contributed by atoms with Gasteiger partial charge in [-0.15, -0.1) is 0 Å². The number of sulfone groups is 1. The number of nitrogens with two attached hydrogens (primary N) is 1. The summed E-state index contributed by atoms with van der Waals surface area (Å²) in [6, 6.07) is -0.234. The minimum atomic E-state index is -3.17. The number of hydrogen-bond donors (Lipinski definition) is 1. The van der Waals surface area contributed by atoms with Gasteiger partial charge in [-0.25, -0.2) is 8.42 Å². The predicted octanol–water partition coefficient (Wildman–Crippen LogP) is -1.58. The van der Waals surface area contributed by atoms with E-state index < -0.39 is 21.3 Å². The Morgan fingerprint density at radius 1 is 1.54 bits per heavy atom. The highest BCUT2D eigenvalue weighted by Gasteiger charge is 2.54. The van der Waals surface area contributed by atoms with Crippen LogP contribution in [0.3, 0.4) is 0 Å². The molecule has 7 heteroatoms. The molecule has 2 N–H and O–H groups in total. The Bertz CT molecular complexity index is 399. The van der Waals surface area contributed by atoms with E-state index in [0.29, 0.717) is 0 Å². The van der Waals surface area contributed by atoms with E-state index in [-0.39, 0.29) is 23.9 Å². The van der Waals surface area contributed by atoms with Gasteiger partial charge in [0, 0.05) is 6.42 Å². The predicted molar refractivity (Wildman–Crippen MR) is 43.7 cm³/mol. The lowest BCUT2D eigenvalue weighted by Crippen LogP contribution is -2.39. The fourth-order valence-electron chi connectivity index (χ4n) is 1.54. The third-order valence-electron chi connectivity index (χ3n) is 2.17. The van der Waals surface area contributed by atoms with Crippen LogP contribution in [0.1, 0.15) is 6.42 Å². The zero-order valence-electron chi connectivity index (χ0n) is 6.69. The van der Waals surface area contributed by atoms with Crippen molar-refractivity contribution in [2.45, 2.75) is 12.0 Å². The van der Waals surface area contributed by atoms with E-state index in [1.54, 1.807) is 0 Å². The van der Waals surface area contributed by atoms with E-state index in [1.165, 1.54) is 0 Å². The summed E-state index contributed by atoms with van der Waals surface area (Å²) in [4.78, 5) is 14.6. The van der Waals surface area contributed by atoms with Crippen molar-refractivity contribution in [1.82, 2.24) is 0 Å². The molecule has 0 aromatic heterocycles. The normalized spacial score (nSPS) is 36.3. The number of ether oxygens (including phenoxy) is 1. The molecule has 0 radical (unpaired) electrons. The summed E-state index contributed by atoms with van der Waals surface area (Å²) in [5, 5.41) is 0. The fraction of sp³-hybridized carbons (Fsp3) is 0.667. The van der Waals surface area contributed by atoms with Gasteiger partial charge < -0.3 is 10.5 Å². The van der Waals surface area contributed by atoms with Gasteiger partial charge in [0.25, 0.3) is 11.9 Å². The molecule has 2 aliphatic heterocycles. The van der Waals surface area contributed by atoms with Gasteiger partial charge in [-0.3, -0.25) is 4.79 Å². The quantitative estimate of drug-likeness (QED) is 0.513. The number of nitrogens with zero attached hydrogens (tertiary/aromatic N) is 1. The molecule has 1 atom stereocenters. The number of aliphatic imine (C=N–C) groups is 1. The molecule has 72 valence electrons. The lowest BCUT2D eigenvalue weighted by Gasteiger charge is -2.16. The third-order valence-corrected chi connectivity index (χ3v) is 3.90. The third kappa shape index (κ3) is 1.19. The molecule has 2 heterocycles. The summed E-state index contributed by atoms with van der Waals surface area (Å²) in [7, 11) is -3.17. The first-order valence-electron chi connectivity index (χ1n) is 3.72. The van der Waals surface area contributed by atoms with Gasteiger partial charge in [0.05, 0.1) is 11.5 Å². The molecule has 6 nitrogen and oxygen atoms in total. The second-order valence-electron chi connectivity index (χ2n) is 3.19. The van der Waals surface area contributed by atoms with Crippen LogP contribution < -0.4 is 5.73 Å². The molecule has 0 aromatic carbocycles. The minimum absolute atomic E-state index is 0.0401. The number of rotatable bonds is 0. The van der Waals surface area contributed by atoms with Crippen molar-refractivity contribution in [3.8, 4) is 0 Å². The summed E-state index contributed by atoms with van der Waals surface area (Å²) >= 11 is 0. The van der Waals surface area contributed by atoms with Crippen molar-refractivity contribution in [2.24, 2.45) is 10.7 Å². The van der Waals surface area contributed by atoms with E-state index in [2.05, 4.69) is 4.99 Å². The van der Waals surface area contributed by atoms with E-state index in [0.717, 1.165) is 0 Å². The van der Waals surface area contributed by atoms with Crippen LogP contribution in [0, 0.1) is 0 Å². The minimum Gasteiger partial charge on any atom is -0.447 e. The maximum Gasteiger partial charge on any atom is 0.295 e. The molecule has 13 heavy (non-hydrogen) atoms. The molecule has 1 fully saturated rings. The number of hydrogen-bond acceptors (Lipinski definition) is 5. The average molecular weight is 204 g/mol.